The third-order valence-electron chi connectivity index (χ3n) is 3.61. The fraction of sp³-hybridized carbons (Fsp3) is 0.467. The van der Waals surface area contributed by atoms with Gasteiger partial charge in [0.15, 0.2) is 0 Å². The highest BCUT2D eigenvalue weighted by atomic mass is 16.5. The van der Waals surface area contributed by atoms with Crippen molar-refractivity contribution in [2.24, 2.45) is 0 Å². The number of hydrogen-bond donors (Lipinski definition) is 1. The number of urea groups is 1. The topological polar surface area (TPSA) is 61.9 Å². The van der Waals surface area contributed by atoms with Crippen LogP contribution in [0.5, 0.6) is 5.75 Å². The lowest BCUT2D eigenvalue weighted by molar-refractivity contribution is -0.130. The summed E-state index contributed by atoms with van der Waals surface area (Å²) < 4.78 is 5.25. The van der Waals surface area contributed by atoms with E-state index in [9.17, 15) is 9.59 Å². The van der Waals surface area contributed by atoms with Gasteiger partial charge in [-0.1, -0.05) is 6.07 Å². The van der Waals surface area contributed by atoms with E-state index in [0.29, 0.717) is 37.6 Å². The van der Waals surface area contributed by atoms with Crippen molar-refractivity contribution >= 4 is 17.6 Å². The van der Waals surface area contributed by atoms with E-state index in [2.05, 4.69) is 5.32 Å². The van der Waals surface area contributed by atoms with E-state index in [-0.39, 0.29) is 11.9 Å². The molecule has 114 valence electrons. The van der Waals surface area contributed by atoms with Gasteiger partial charge in [-0.15, -0.1) is 0 Å². The Morgan fingerprint density at radius 3 is 2.33 bits per heavy atom. The number of carbonyl (C=O) groups excluding carboxylic acids is 2. The van der Waals surface area contributed by atoms with Crippen LogP contribution in [0, 0.1) is 6.92 Å². The van der Waals surface area contributed by atoms with Crippen molar-refractivity contribution in [1.29, 1.82) is 0 Å². The van der Waals surface area contributed by atoms with Gasteiger partial charge in [0, 0.05) is 33.1 Å². The second kappa shape index (κ2) is 6.47. The first-order valence-corrected chi connectivity index (χ1v) is 6.97. The van der Waals surface area contributed by atoms with Crippen molar-refractivity contribution in [3.8, 4) is 5.75 Å². The summed E-state index contributed by atoms with van der Waals surface area (Å²) in [7, 11) is 1.58. The van der Waals surface area contributed by atoms with E-state index >= 15 is 0 Å². The SMILES string of the molecule is COc1ccc(C)cc1NC(=O)N1CCN(C(C)=O)CC1. The van der Waals surface area contributed by atoms with Crippen LogP contribution in [-0.4, -0.2) is 55.0 Å². The first-order valence-electron chi connectivity index (χ1n) is 6.97. The normalized spacial score (nSPS) is 14.8. The van der Waals surface area contributed by atoms with Crippen molar-refractivity contribution in [3.05, 3.63) is 23.8 Å². The number of anilines is 1. The number of carbonyl (C=O) groups is 2. The van der Waals surface area contributed by atoms with Gasteiger partial charge in [0.1, 0.15) is 5.75 Å². The Morgan fingerprint density at radius 2 is 1.76 bits per heavy atom. The largest absolute Gasteiger partial charge is 0.495 e. The molecule has 1 N–H and O–H groups in total. The number of nitrogens with zero attached hydrogens (tertiary/aromatic N) is 2. The first kappa shape index (κ1) is 15.2. The van der Waals surface area contributed by atoms with Crippen LogP contribution >= 0.6 is 0 Å². The molecule has 1 aromatic rings. The number of benzene rings is 1. The zero-order chi connectivity index (χ0) is 15.4. The predicted octanol–water partition coefficient (Wildman–Crippen LogP) is 1.70. The van der Waals surface area contributed by atoms with Gasteiger partial charge in [-0.3, -0.25) is 4.79 Å². The molecular weight excluding hydrogens is 270 g/mol. The molecule has 0 unspecified atom stereocenters. The lowest BCUT2D eigenvalue weighted by atomic mass is 10.2. The minimum atomic E-state index is -0.165. The third kappa shape index (κ3) is 3.65. The number of hydrogen-bond acceptors (Lipinski definition) is 3. The number of methoxy groups -OCH3 is 1. The van der Waals surface area contributed by atoms with E-state index in [4.69, 9.17) is 4.74 Å². The number of aryl methyl sites for hydroxylation is 1. The first-order chi connectivity index (χ1) is 10.0. The predicted molar refractivity (Wildman–Crippen MR) is 80.6 cm³/mol. The monoisotopic (exact) mass is 291 g/mol. The molecule has 6 nitrogen and oxygen atoms in total. The molecule has 1 aliphatic rings. The van der Waals surface area contributed by atoms with Crippen LogP contribution in [0.25, 0.3) is 0 Å². The Kier molecular flexibility index (Phi) is 4.67. The summed E-state index contributed by atoms with van der Waals surface area (Å²) >= 11 is 0. The van der Waals surface area contributed by atoms with Gasteiger partial charge < -0.3 is 19.9 Å². The van der Waals surface area contributed by atoms with Crippen LogP contribution in [0.4, 0.5) is 10.5 Å². The Balaban J connectivity index is 1.99. The summed E-state index contributed by atoms with van der Waals surface area (Å²) in [6, 6.07) is 5.48. The highest BCUT2D eigenvalue weighted by Gasteiger charge is 2.22. The van der Waals surface area contributed by atoms with Crippen LogP contribution in [0.15, 0.2) is 18.2 Å². The zero-order valence-corrected chi connectivity index (χ0v) is 12.7. The summed E-state index contributed by atoms with van der Waals surface area (Å²) in [6.45, 7) is 5.74. The molecule has 0 aliphatic carbocycles. The number of rotatable bonds is 2. The Hall–Kier alpha value is -2.24. The summed E-state index contributed by atoms with van der Waals surface area (Å²) in [5.74, 6) is 0.687. The van der Waals surface area contributed by atoms with Crippen molar-refractivity contribution in [3.63, 3.8) is 0 Å². The van der Waals surface area contributed by atoms with Crippen LogP contribution < -0.4 is 10.1 Å². The van der Waals surface area contributed by atoms with Gasteiger partial charge in [-0.25, -0.2) is 4.79 Å². The molecule has 1 fully saturated rings. The van der Waals surface area contributed by atoms with Crippen molar-refractivity contribution in [2.45, 2.75) is 13.8 Å². The van der Waals surface area contributed by atoms with E-state index in [1.807, 2.05) is 25.1 Å². The number of amides is 3. The van der Waals surface area contributed by atoms with Crippen molar-refractivity contribution in [2.75, 3.05) is 38.6 Å². The van der Waals surface area contributed by atoms with Gasteiger partial charge in [0.25, 0.3) is 0 Å². The van der Waals surface area contributed by atoms with Gasteiger partial charge in [-0.05, 0) is 24.6 Å². The molecule has 1 saturated heterocycles. The second-order valence-electron chi connectivity index (χ2n) is 5.13. The molecule has 0 saturated carbocycles. The lowest BCUT2D eigenvalue weighted by Gasteiger charge is -2.34. The minimum absolute atomic E-state index is 0.0513. The standard InChI is InChI=1S/C15H21N3O3/c1-11-4-5-14(21-3)13(10-11)16-15(20)18-8-6-17(7-9-18)12(2)19/h4-5,10H,6-9H2,1-3H3,(H,16,20). The Morgan fingerprint density at radius 1 is 1.14 bits per heavy atom. The van der Waals surface area contributed by atoms with Crippen LogP contribution in [0.3, 0.4) is 0 Å². The van der Waals surface area contributed by atoms with Gasteiger partial charge in [0.2, 0.25) is 5.91 Å². The Bertz CT molecular complexity index is 537. The molecule has 0 bridgehead atoms. The number of ether oxygens (including phenoxy) is 1. The fourth-order valence-electron chi connectivity index (χ4n) is 2.34. The quantitative estimate of drug-likeness (QED) is 0.902. The molecular formula is C15H21N3O3. The maximum atomic E-state index is 12.3. The van der Waals surface area contributed by atoms with Gasteiger partial charge in [-0.2, -0.15) is 0 Å². The highest BCUT2D eigenvalue weighted by molar-refractivity contribution is 5.91. The smallest absolute Gasteiger partial charge is 0.322 e. The molecule has 3 amide bonds. The lowest BCUT2D eigenvalue weighted by Crippen LogP contribution is -2.51. The fourth-order valence-corrected chi connectivity index (χ4v) is 2.34. The molecule has 0 aromatic heterocycles. The van der Waals surface area contributed by atoms with E-state index in [0.717, 1.165) is 5.56 Å². The maximum absolute atomic E-state index is 12.3. The molecule has 2 rings (SSSR count). The molecule has 1 aromatic carbocycles. The van der Waals surface area contributed by atoms with E-state index < -0.39 is 0 Å². The average Bonchev–Trinajstić information content (AvgIpc) is 2.47. The van der Waals surface area contributed by atoms with Gasteiger partial charge in [0.05, 0.1) is 12.8 Å². The molecule has 1 aliphatic heterocycles. The molecule has 0 spiro atoms. The van der Waals surface area contributed by atoms with Crippen LogP contribution in [0.1, 0.15) is 12.5 Å². The summed E-state index contributed by atoms with van der Waals surface area (Å²) in [5, 5.41) is 2.87. The molecule has 1 heterocycles. The van der Waals surface area contributed by atoms with Gasteiger partial charge >= 0.3 is 6.03 Å². The summed E-state index contributed by atoms with van der Waals surface area (Å²) in [5.41, 5.74) is 1.71. The van der Waals surface area contributed by atoms with Crippen LogP contribution in [-0.2, 0) is 4.79 Å². The number of piperazine rings is 1. The Labute approximate surface area is 124 Å². The zero-order valence-electron chi connectivity index (χ0n) is 12.7. The van der Waals surface area contributed by atoms with Crippen molar-refractivity contribution in [1.82, 2.24) is 9.80 Å². The molecule has 6 heteroatoms. The third-order valence-corrected chi connectivity index (χ3v) is 3.61. The minimum Gasteiger partial charge on any atom is -0.495 e. The number of nitrogens with one attached hydrogen (secondary N) is 1. The highest BCUT2D eigenvalue weighted by Crippen LogP contribution is 2.25. The molecule has 0 atom stereocenters. The van der Waals surface area contributed by atoms with E-state index in [1.165, 1.54) is 0 Å². The average molecular weight is 291 g/mol. The maximum Gasteiger partial charge on any atom is 0.322 e. The summed E-state index contributed by atoms with van der Waals surface area (Å²) in [4.78, 5) is 27.0. The second-order valence-corrected chi connectivity index (χ2v) is 5.13. The summed E-state index contributed by atoms with van der Waals surface area (Å²) in [6.07, 6.45) is 0. The van der Waals surface area contributed by atoms with Crippen LogP contribution in [0.2, 0.25) is 0 Å². The molecule has 0 radical (unpaired) electrons. The van der Waals surface area contributed by atoms with Crippen molar-refractivity contribution < 1.29 is 14.3 Å². The van der Waals surface area contributed by atoms with E-state index in [1.54, 1.807) is 23.8 Å². The molecule has 21 heavy (non-hydrogen) atoms.